The summed E-state index contributed by atoms with van der Waals surface area (Å²) >= 11 is 9.68. The van der Waals surface area contributed by atoms with Crippen LogP contribution in [0, 0.1) is 15.9 Å². The largest absolute Gasteiger partial charge is 0.439 e. The lowest BCUT2D eigenvalue weighted by molar-refractivity contribution is -0.385. The van der Waals surface area contributed by atoms with E-state index in [1.807, 2.05) is 0 Å². The second-order valence-electron chi connectivity index (χ2n) is 4.05. The number of halogens is 3. The molecule has 2 aromatic rings. The predicted octanol–water partition coefficient (Wildman–Crippen LogP) is 5.06. The number of nitro groups is 1. The van der Waals surface area contributed by atoms with E-state index >= 15 is 0 Å². The lowest BCUT2D eigenvalue weighted by Crippen LogP contribution is -1.91. The highest BCUT2D eigenvalue weighted by Crippen LogP contribution is 2.44. The molecule has 0 spiro atoms. The van der Waals surface area contributed by atoms with Crippen LogP contribution in [0.25, 0.3) is 0 Å². The van der Waals surface area contributed by atoms with Crippen molar-refractivity contribution < 1.29 is 19.2 Å². The van der Waals surface area contributed by atoms with Crippen molar-refractivity contribution in [1.82, 2.24) is 0 Å². The second kappa shape index (κ2) is 6.27. The van der Waals surface area contributed by atoms with E-state index in [1.165, 1.54) is 19.1 Å². The van der Waals surface area contributed by atoms with E-state index in [2.05, 4.69) is 15.9 Å². The third-order valence-corrected chi connectivity index (χ3v) is 4.57. The Hall–Kier alpha value is -1.22. The number of thiophene rings is 1. The normalized spacial score (nSPS) is 12.2. The highest BCUT2D eigenvalue weighted by molar-refractivity contribution is 9.10. The number of hydrogen-bond donors (Lipinski definition) is 1. The first-order chi connectivity index (χ1) is 9.79. The van der Waals surface area contributed by atoms with Crippen LogP contribution < -0.4 is 4.74 Å². The molecule has 0 amide bonds. The van der Waals surface area contributed by atoms with Gasteiger partial charge in [-0.15, -0.1) is 0 Å². The van der Waals surface area contributed by atoms with Crippen LogP contribution in [0.15, 0.2) is 22.7 Å². The van der Waals surface area contributed by atoms with Crippen molar-refractivity contribution in [3.05, 3.63) is 48.5 Å². The first-order valence-corrected chi connectivity index (χ1v) is 7.57. The average molecular weight is 397 g/mol. The Balaban J connectivity index is 2.43. The lowest BCUT2D eigenvalue weighted by atomic mass is 10.3. The number of nitrogens with zero attached hydrogens (tertiary/aromatic N) is 1. The third-order valence-electron chi connectivity index (χ3n) is 2.48. The molecule has 112 valence electrons. The number of benzene rings is 1. The van der Waals surface area contributed by atoms with Crippen molar-refractivity contribution in [3.63, 3.8) is 0 Å². The van der Waals surface area contributed by atoms with E-state index in [0.717, 1.165) is 17.4 Å². The molecule has 21 heavy (non-hydrogen) atoms. The molecule has 5 nitrogen and oxygen atoms in total. The molecule has 1 aromatic heterocycles. The Morgan fingerprint density at radius 3 is 2.76 bits per heavy atom. The molecule has 0 aliphatic rings. The van der Waals surface area contributed by atoms with E-state index in [-0.39, 0.29) is 21.5 Å². The molecule has 0 radical (unpaired) electrons. The molecule has 0 saturated heterocycles. The summed E-state index contributed by atoms with van der Waals surface area (Å²) in [6, 6.07) is 3.55. The number of aliphatic hydroxyl groups is 1. The molecule has 0 bridgehead atoms. The Bertz CT molecular complexity index is 707. The van der Waals surface area contributed by atoms with Crippen LogP contribution in [0.1, 0.15) is 17.9 Å². The van der Waals surface area contributed by atoms with Gasteiger partial charge >= 0.3 is 5.69 Å². The molecule has 0 fully saturated rings. The van der Waals surface area contributed by atoms with Crippen LogP contribution in [0.5, 0.6) is 10.8 Å². The van der Waals surface area contributed by atoms with E-state index in [9.17, 15) is 19.6 Å². The minimum absolute atomic E-state index is 0.0432. The number of ether oxygens (including phenoxy) is 1. The Kier molecular flexibility index (Phi) is 4.82. The van der Waals surface area contributed by atoms with Crippen molar-refractivity contribution >= 4 is 44.6 Å². The SMILES string of the molecule is C[C@@H](O)c1cc([N+](=O)[O-])c(Oc2cc(F)c(Cl)cc2Br)s1. The van der Waals surface area contributed by atoms with Gasteiger partial charge in [0.15, 0.2) is 0 Å². The zero-order valence-electron chi connectivity index (χ0n) is 10.5. The summed E-state index contributed by atoms with van der Waals surface area (Å²) in [5.41, 5.74) is -0.293. The molecular formula is C12H8BrClFNO4S. The van der Waals surface area contributed by atoms with Crippen molar-refractivity contribution in [3.8, 4) is 10.8 Å². The molecule has 2 rings (SSSR count). The maximum absolute atomic E-state index is 13.5. The van der Waals surface area contributed by atoms with Crippen molar-refractivity contribution in [1.29, 1.82) is 0 Å². The lowest BCUT2D eigenvalue weighted by Gasteiger charge is -2.06. The first kappa shape index (κ1) is 16.2. The van der Waals surface area contributed by atoms with Crippen molar-refractivity contribution in [2.24, 2.45) is 0 Å². The molecular weight excluding hydrogens is 389 g/mol. The van der Waals surface area contributed by atoms with Crippen LogP contribution in [0.3, 0.4) is 0 Å². The quantitative estimate of drug-likeness (QED) is 0.445. The molecule has 0 aliphatic heterocycles. The summed E-state index contributed by atoms with van der Waals surface area (Å²) in [5.74, 6) is -0.649. The van der Waals surface area contributed by atoms with Crippen LogP contribution in [0.4, 0.5) is 10.1 Å². The van der Waals surface area contributed by atoms with Crippen molar-refractivity contribution in [2.45, 2.75) is 13.0 Å². The topological polar surface area (TPSA) is 72.6 Å². The van der Waals surface area contributed by atoms with Gasteiger partial charge in [-0.2, -0.15) is 0 Å². The van der Waals surface area contributed by atoms with Crippen molar-refractivity contribution in [2.75, 3.05) is 0 Å². The van der Waals surface area contributed by atoms with Crippen LogP contribution >= 0.6 is 38.9 Å². The minimum Gasteiger partial charge on any atom is -0.439 e. The molecule has 0 unspecified atom stereocenters. The zero-order valence-corrected chi connectivity index (χ0v) is 13.6. The smallest absolute Gasteiger partial charge is 0.323 e. The number of hydrogen-bond acceptors (Lipinski definition) is 5. The molecule has 0 aliphatic carbocycles. The zero-order chi connectivity index (χ0) is 15.7. The van der Waals surface area contributed by atoms with Crippen LogP contribution in [-0.4, -0.2) is 10.0 Å². The summed E-state index contributed by atoms with van der Waals surface area (Å²) in [6.07, 6.45) is -0.864. The van der Waals surface area contributed by atoms with Gasteiger partial charge < -0.3 is 9.84 Å². The van der Waals surface area contributed by atoms with Gasteiger partial charge in [0.2, 0.25) is 0 Å². The van der Waals surface area contributed by atoms with E-state index in [1.54, 1.807) is 0 Å². The van der Waals surface area contributed by atoms with Gasteiger partial charge in [0.1, 0.15) is 11.6 Å². The molecule has 1 N–H and O–H groups in total. The molecule has 9 heteroatoms. The maximum atomic E-state index is 13.5. The van der Waals surface area contributed by atoms with Gasteiger partial charge in [-0.05, 0) is 28.9 Å². The summed E-state index contributed by atoms with van der Waals surface area (Å²) in [7, 11) is 0. The monoisotopic (exact) mass is 395 g/mol. The molecule has 1 aromatic carbocycles. The fourth-order valence-electron chi connectivity index (χ4n) is 1.47. The average Bonchev–Trinajstić information content (AvgIpc) is 2.80. The van der Waals surface area contributed by atoms with Gasteiger partial charge in [-0.1, -0.05) is 22.9 Å². The van der Waals surface area contributed by atoms with Crippen LogP contribution in [-0.2, 0) is 0 Å². The van der Waals surface area contributed by atoms with Gasteiger partial charge in [-0.3, -0.25) is 10.1 Å². The fraction of sp³-hybridized carbons (Fsp3) is 0.167. The number of rotatable bonds is 4. The Morgan fingerprint density at radius 1 is 1.52 bits per heavy atom. The second-order valence-corrected chi connectivity index (χ2v) is 6.36. The summed E-state index contributed by atoms with van der Waals surface area (Å²) in [5, 5.41) is 20.3. The standard InChI is InChI=1S/C12H8BrClFNO4S/c1-5(17)11-4-9(16(18)19)12(21-11)20-10-3-8(15)7(14)2-6(10)13/h2-5,17H,1H3/t5-/m1/s1. The van der Waals surface area contributed by atoms with Gasteiger partial charge in [0.25, 0.3) is 5.06 Å². The predicted molar refractivity (Wildman–Crippen MR) is 80.8 cm³/mol. The van der Waals surface area contributed by atoms with Gasteiger partial charge in [0, 0.05) is 17.0 Å². The van der Waals surface area contributed by atoms with Gasteiger partial charge in [0.05, 0.1) is 20.5 Å². The third kappa shape index (κ3) is 3.52. The van der Waals surface area contributed by atoms with Gasteiger partial charge in [-0.25, -0.2) is 4.39 Å². The fourth-order valence-corrected chi connectivity index (χ4v) is 3.12. The molecule has 1 heterocycles. The summed E-state index contributed by atoms with van der Waals surface area (Å²) < 4.78 is 19.2. The maximum Gasteiger partial charge on any atom is 0.323 e. The summed E-state index contributed by atoms with van der Waals surface area (Å²) in [4.78, 5) is 10.7. The van der Waals surface area contributed by atoms with E-state index in [4.69, 9.17) is 16.3 Å². The molecule has 0 saturated carbocycles. The first-order valence-electron chi connectivity index (χ1n) is 5.58. The van der Waals surface area contributed by atoms with E-state index < -0.39 is 16.8 Å². The van der Waals surface area contributed by atoms with Crippen LogP contribution in [0.2, 0.25) is 5.02 Å². The minimum atomic E-state index is -0.864. The molecule has 1 atom stereocenters. The highest BCUT2D eigenvalue weighted by Gasteiger charge is 2.24. The number of aliphatic hydroxyl groups excluding tert-OH is 1. The van der Waals surface area contributed by atoms with E-state index in [0.29, 0.717) is 9.35 Å². The summed E-state index contributed by atoms with van der Waals surface area (Å²) in [6.45, 7) is 1.48. The highest BCUT2D eigenvalue weighted by atomic mass is 79.9. The Labute approximate surface area is 136 Å². The Morgan fingerprint density at radius 2 is 2.19 bits per heavy atom.